The first kappa shape index (κ1) is 8.00. The van der Waals surface area contributed by atoms with Gasteiger partial charge in [-0.25, -0.2) is 0 Å². The second-order valence-corrected chi connectivity index (χ2v) is 2.79. The summed E-state index contributed by atoms with van der Waals surface area (Å²) in [6.45, 7) is 0.424. The molecular weight excluding hydrogens is 168 g/mol. The number of nitrogens with zero attached hydrogens (tertiary/aromatic N) is 3. The van der Waals surface area contributed by atoms with Crippen LogP contribution in [0.1, 0.15) is 5.56 Å². The van der Waals surface area contributed by atoms with Crippen molar-refractivity contribution in [2.45, 2.75) is 6.54 Å². The number of hydrogen-bond donors (Lipinski definition) is 1. The maximum atomic E-state index is 5.51. The molecular formula is C8H10N4O. The number of nitrogens with two attached hydrogens (primary N) is 1. The zero-order valence-electron chi connectivity index (χ0n) is 7.27. The molecule has 0 aliphatic carbocycles. The van der Waals surface area contributed by atoms with Gasteiger partial charge in [0.25, 0.3) is 0 Å². The molecule has 0 saturated heterocycles. The number of rotatable bonds is 2. The minimum Gasteiger partial charge on any atom is -0.356 e. The average Bonchev–Trinajstić information content (AvgIpc) is 2.71. The van der Waals surface area contributed by atoms with Gasteiger partial charge in [0.1, 0.15) is 0 Å². The predicted molar refractivity (Wildman–Crippen MR) is 46.6 cm³/mol. The fraction of sp³-hybridized carbons (Fsp3) is 0.250. The van der Waals surface area contributed by atoms with Crippen molar-refractivity contribution >= 4 is 0 Å². The fourth-order valence-corrected chi connectivity index (χ4v) is 1.18. The molecule has 2 heterocycles. The van der Waals surface area contributed by atoms with E-state index in [1.165, 1.54) is 0 Å². The van der Waals surface area contributed by atoms with Crippen molar-refractivity contribution in [3.8, 4) is 11.3 Å². The van der Waals surface area contributed by atoms with E-state index in [2.05, 4.69) is 10.3 Å². The van der Waals surface area contributed by atoms with E-state index < -0.39 is 0 Å². The van der Waals surface area contributed by atoms with Gasteiger partial charge in [0, 0.05) is 25.4 Å². The zero-order valence-corrected chi connectivity index (χ0v) is 7.27. The first-order valence-corrected chi connectivity index (χ1v) is 3.94. The zero-order chi connectivity index (χ0) is 9.26. The molecule has 13 heavy (non-hydrogen) atoms. The highest BCUT2D eigenvalue weighted by molar-refractivity contribution is 5.58. The molecule has 0 atom stereocenters. The molecule has 0 radical (unpaired) electrons. The number of aromatic nitrogens is 3. The molecule has 0 bridgehead atoms. The Kier molecular flexibility index (Phi) is 1.86. The average molecular weight is 178 g/mol. The van der Waals surface area contributed by atoms with E-state index in [0.717, 1.165) is 11.1 Å². The molecule has 0 spiro atoms. The van der Waals surface area contributed by atoms with Crippen molar-refractivity contribution in [3.05, 3.63) is 24.2 Å². The summed E-state index contributed by atoms with van der Waals surface area (Å²) >= 11 is 0. The highest BCUT2D eigenvalue weighted by Gasteiger charge is 2.10. The van der Waals surface area contributed by atoms with Crippen LogP contribution in [-0.2, 0) is 13.6 Å². The molecule has 0 amide bonds. The lowest BCUT2D eigenvalue weighted by atomic mass is 10.2. The first-order valence-electron chi connectivity index (χ1n) is 3.94. The van der Waals surface area contributed by atoms with E-state index in [1.807, 2.05) is 13.2 Å². The van der Waals surface area contributed by atoms with Gasteiger partial charge < -0.3 is 10.3 Å². The summed E-state index contributed by atoms with van der Waals surface area (Å²) < 4.78 is 6.78. The normalized spacial score (nSPS) is 10.6. The molecule has 5 nitrogen and oxygen atoms in total. The topological polar surface area (TPSA) is 69.9 Å². The Morgan fingerprint density at radius 3 is 3.00 bits per heavy atom. The predicted octanol–water partition coefficient (Wildman–Crippen LogP) is 0.534. The Balaban J connectivity index is 2.45. The summed E-state index contributed by atoms with van der Waals surface area (Å²) in [5.74, 6) is 0.704. The third-order valence-electron chi connectivity index (χ3n) is 1.83. The fourth-order valence-electron chi connectivity index (χ4n) is 1.18. The monoisotopic (exact) mass is 178 g/mol. The van der Waals surface area contributed by atoms with E-state index in [1.54, 1.807) is 17.1 Å². The summed E-state index contributed by atoms with van der Waals surface area (Å²) in [4.78, 5) is 0. The van der Waals surface area contributed by atoms with Gasteiger partial charge in [-0.3, -0.25) is 4.68 Å². The van der Waals surface area contributed by atoms with Crippen LogP contribution in [0.3, 0.4) is 0 Å². The van der Waals surface area contributed by atoms with Crippen LogP contribution in [0.5, 0.6) is 0 Å². The molecule has 2 N–H and O–H groups in total. The quantitative estimate of drug-likeness (QED) is 0.728. The Labute approximate surface area is 75.1 Å². The third kappa shape index (κ3) is 1.33. The highest BCUT2D eigenvalue weighted by atomic mass is 16.5. The molecule has 2 aromatic heterocycles. The molecule has 0 aliphatic rings. The molecule has 2 rings (SSSR count). The largest absolute Gasteiger partial charge is 0.356 e. The Morgan fingerprint density at radius 1 is 1.54 bits per heavy atom. The van der Waals surface area contributed by atoms with Crippen molar-refractivity contribution in [1.29, 1.82) is 0 Å². The maximum absolute atomic E-state index is 5.51. The van der Waals surface area contributed by atoms with Crippen molar-refractivity contribution < 1.29 is 4.52 Å². The van der Waals surface area contributed by atoms with Crippen molar-refractivity contribution in [3.63, 3.8) is 0 Å². The molecule has 0 aliphatic heterocycles. The maximum Gasteiger partial charge on any atom is 0.174 e. The first-order chi connectivity index (χ1) is 6.31. The number of aryl methyl sites for hydroxylation is 1. The van der Waals surface area contributed by atoms with Gasteiger partial charge in [-0.2, -0.15) is 5.10 Å². The standard InChI is InChI=1S/C8H10N4O/c1-12-5-7(3-10-12)8-6(2-9)4-11-13-8/h3-5H,2,9H2,1H3. The SMILES string of the molecule is Cn1cc(-c2oncc2CN)cn1. The van der Waals surface area contributed by atoms with Gasteiger partial charge in [-0.05, 0) is 0 Å². The highest BCUT2D eigenvalue weighted by Crippen LogP contribution is 2.21. The van der Waals surface area contributed by atoms with Crippen LogP contribution in [0.4, 0.5) is 0 Å². The van der Waals surface area contributed by atoms with Gasteiger partial charge in [0.05, 0.1) is 18.0 Å². The van der Waals surface area contributed by atoms with Gasteiger partial charge in [-0.15, -0.1) is 0 Å². The summed E-state index contributed by atoms with van der Waals surface area (Å²) in [5.41, 5.74) is 7.31. The van der Waals surface area contributed by atoms with Crippen molar-refractivity contribution in [1.82, 2.24) is 14.9 Å². The van der Waals surface area contributed by atoms with Crippen molar-refractivity contribution in [2.75, 3.05) is 0 Å². The third-order valence-corrected chi connectivity index (χ3v) is 1.83. The Bertz CT molecular complexity index is 404. The van der Waals surface area contributed by atoms with E-state index in [9.17, 15) is 0 Å². The van der Waals surface area contributed by atoms with Crippen LogP contribution in [0.2, 0.25) is 0 Å². The lowest BCUT2D eigenvalue weighted by molar-refractivity contribution is 0.431. The van der Waals surface area contributed by atoms with E-state index in [-0.39, 0.29) is 0 Å². The van der Waals surface area contributed by atoms with Crippen molar-refractivity contribution in [2.24, 2.45) is 12.8 Å². The second-order valence-electron chi connectivity index (χ2n) is 2.79. The Hall–Kier alpha value is -1.62. The van der Waals surface area contributed by atoms with Gasteiger partial charge >= 0.3 is 0 Å². The lowest BCUT2D eigenvalue weighted by Crippen LogP contribution is -1.95. The van der Waals surface area contributed by atoms with Crippen LogP contribution >= 0.6 is 0 Å². The molecule has 0 saturated carbocycles. The van der Waals surface area contributed by atoms with Crippen LogP contribution in [0.25, 0.3) is 11.3 Å². The van der Waals surface area contributed by atoms with E-state index in [4.69, 9.17) is 10.3 Å². The smallest absolute Gasteiger partial charge is 0.174 e. The molecule has 68 valence electrons. The van der Waals surface area contributed by atoms with Crippen LogP contribution in [0, 0.1) is 0 Å². The molecule has 0 fully saturated rings. The minimum atomic E-state index is 0.424. The molecule has 2 aromatic rings. The van der Waals surface area contributed by atoms with Crippen LogP contribution < -0.4 is 5.73 Å². The Morgan fingerprint density at radius 2 is 2.38 bits per heavy atom. The second kappa shape index (κ2) is 3.02. The lowest BCUT2D eigenvalue weighted by Gasteiger charge is -1.92. The van der Waals surface area contributed by atoms with E-state index in [0.29, 0.717) is 12.3 Å². The summed E-state index contributed by atoms with van der Waals surface area (Å²) in [5, 5.41) is 7.72. The summed E-state index contributed by atoms with van der Waals surface area (Å²) in [7, 11) is 1.85. The van der Waals surface area contributed by atoms with Gasteiger partial charge in [-0.1, -0.05) is 5.16 Å². The molecule has 0 unspecified atom stereocenters. The minimum absolute atomic E-state index is 0.424. The van der Waals surface area contributed by atoms with Crippen LogP contribution in [0.15, 0.2) is 23.1 Å². The number of hydrogen-bond acceptors (Lipinski definition) is 4. The molecule has 0 aromatic carbocycles. The van der Waals surface area contributed by atoms with Crippen LogP contribution in [-0.4, -0.2) is 14.9 Å². The van der Waals surface area contributed by atoms with Gasteiger partial charge in [0.15, 0.2) is 5.76 Å². The van der Waals surface area contributed by atoms with E-state index >= 15 is 0 Å². The van der Waals surface area contributed by atoms with Gasteiger partial charge in [0.2, 0.25) is 0 Å². The summed E-state index contributed by atoms with van der Waals surface area (Å²) in [6.07, 6.45) is 5.21. The summed E-state index contributed by atoms with van der Waals surface area (Å²) in [6, 6.07) is 0. The molecule has 5 heteroatoms.